The van der Waals surface area contributed by atoms with Crippen LogP contribution in [0.15, 0.2) is 0 Å². The predicted octanol–water partition coefficient (Wildman–Crippen LogP) is 0.826. The van der Waals surface area contributed by atoms with Crippen LogP contribution in [0.1, 0.15) is 19.3 Å². The van der Waals surface area contributed by atoms with Crippen molar-refractivity contribution in [3.8, 4) is 0 Å². The molecule has 0 aromatic carbocycles. The average Bonchev–Trinajstić information content (AvgIpc) is 2.51. The third-order valence-electron chi connectivity index (χ3n) is 2.23. The van der Waals surface area contributed by atoms with Gasteiger partial charge in [-0.05, 0) is 19.3 Å². The van der Waals surface area contributed by atoms with E-state index in [0.717, 1.165) is 19.3 Å². The molecular formula is C7H14BrNO3S. The zero-order chi connectivity index (χ0) is 9.90. The summed E-state index contributed by atoms with van der Waals surface area (Å²) in [6.45, 7) is 0. The molecule has 0 spiro atoms. The number of hydrogen-bond acceptors (Lipinski definition) is 3. The quantitative estimate of drug-likeness (QED) is 0.771. The van der Waals surface area contributed by atoms with Crippen LogP contribution in [0.4, 0.5) is 0 Å². The van der Waals surface area contributed by atoms with Crippen LogP contribution in [0.3, 0.4) is 0 Å². The van der Waals surface area contributed by atoms with Gasteiger partial charge in [0.1, 0.15) is 4.66 Å². The molecule has 6 heteroatoms. The van der Waals surface area contributed by atoms with E-state index in [0.29, 0.717) is 0 Å². The Hall–Kier alpha value is 0.350. The number of hydrogen-bond donors (Lipinski definition) is 1. The lowest BCUT2D eigenvalue weighted by Crippen LogP contribution is -2.40. The smallest absolute Gasteiger partial charge is 0.221 e. The minimum atomic E-state index is -3.16. The molecule has 0 bridgehead atoms. The highest BCUT2D eigenvalue weighted by Gasteiger charge is 2.29. The minimum Gasteiger partial charge on any atom is -0.380 e. The zero-order valence-electron chi connectivity index (χ0n) is 7.49. The first kappa shape index (κ1) is 11.4. The first-order chi connectivity index (χ1) is 6.09. The lowest BCUT2D eigenvalue weighted by molar-refractivity contribution is 0.0917. The molecule has 1 fully saturated rings. The van der Waals surface area contributed by atoms with Crippen molar-refractivity contribution in [2.45, 2.75) is 31.4 Å². The molecule has 1 aliphatic carbocycles. The van der Waals surface area contributed by atoms with Crippen LogP contribution in [0, 0.1) is 0 Å². The topological polar surface area (TPSA) is 55.4 Å². The van der Waals surface area contributed by atoms with Crippen molar-refractivity contribution in [3.05, 3.63) is 0 Å². The lowest BCUT2D eigenvalue weighted by Gasteiger charge is -2.18. The van der Waals surface area contributed by atoms with E-state index in [1.54, 1.807) is 7.11 Å². The van der Waals surface area contributed by atoms with E-state index in [1.165, 1.54) is 0 Å². The molecule has 0 aromatic heterocycles. The van der Waals surface area contributed by atoms with Crippen LogP contribution in [0.2, 0.25) is 0 Å². The summed E-state index contributed by atoms with van der Waals surface area (Å²) in [6.07, 6.45) is 2.86. The molecule has 1 N–H and O–H groups in total. The van der Waals surface area contributed by atoms with E-state index in [4.69, 9.17) is 4.74 Å². The fourth-order valence-electron chi connectivity index (χ4n) is 1.61. The number of halogens is 1. The third kappa shape index (κ3) is 3.19. The highest BCUT2D eigenvalue weighted by atomic mass is 79.9. The Kier molecular flexibility index (Phi) is 4.15. The zero-order valence-corrected chi connectivity index (χ0v) is 9.90. The van der Waals surface area contributed by atoms with Gasteiger partial charge < -0.3 is 4.74 Å². The van der Waals surface area contributed by atoms with Crippen molar-refractivity contribution < 1.29 is 13.2 Å². The summed E-state index contributed by atoms with van der Waals surface area (Å²) in [4.78, 5) is 0. The van der Waals surface area contributed by atoms with Crippen LogP contribution in [-0.2, 0) is 14.8 Å². The summed E-state index contributed by atoms with van der Waals surface area (Å²) in [6, 6.07) is -0.0486. The molecule has 1 aliphatic rings. The van der Waals surface area contributed by atoms with Crippen molar-refractivity contribution in [2.75, 3.05) is 11.8 Å². The van der Waals surface area contributed by atoms with Crippen LogP contribution < -0.4 is 4.72 Å². The summed E-state index contributed by atoms with van der Waals surface area (Å²) in [5.74, 6) is 0. The Morgan fingerprint density at radius 3 is 2.77 bits per heavy atom. The standard InChI is InChI=1S/C7H14BrNO3S/c1-12-7-4-2-3-6(7)9-13(10,11)5-8/h6-7,9H,2-5H2,1H3. The second kappa shape index (κ2) is 4.72. The highest BCUT2D eigenvalue weighted by molar-refractivity contribution is 9.10. The normalized spacial score (nSPS) is 29.4. The second-order valence-electron chi connectivity index (χ2n) is 3.15. The fraction of sp³-hybridized carbons (Fsp3) is 1.00. The number of alkyl halides is 1. The van der Waals surface area contributed by atoms with E-state index in [1.807, 2.05) is 0 Å². The van der Waals surface area contributed by atoms with Gasteiger partial charge in [0.15, 0.2) is 0 Å². The number of methoxy groups -OCH3 is 1. The lowest BCUT2D eigenvalue weighted by atomic mass is 10.2. The molecule has 1 saturated carbocycles. The van der Waals surface area contributed by atoms with E-state index < -0.39 is 10.0 Å². The Labute approximate surface area is 87.2 Å². The van der Waals surface area contributed by atoms with Gasteiger partial charge >= 0.3 is 0 Å². The van der Waals surface area contributed by atoms with Crippen molar-refractivity contribution in [2.24, 2.45) is 0 Å². The van der Waals surface area contributed by atoms with E-state index in [-0.39, 0.29) is 16.8 Å². The third-order valence-corrected chi connectivity index (χ3v) is 4.99. The number of rotatable bonds is 4. The molecule has 0 aliphatic heterocycles. The molecule has 2 atom stereocenters. The van der Waals surface area contributed by atoms with Crippen LogP contribution in [0.25, 0.3) is 0 Å². The van der Waals surface area contributed by atoms with Gasteiger partial charge in [0, 0.05) is 13.2 Å². The van der Waals surface area contributed by atoms with Gasteiger partial charge in [-0.25, -0.2) is 13.1 Å². The number of sulfonamides is 1. The molecule has 78 valence electrons. The molecule has 0 aromatic rings. The SMILES string of the molecule is COC1CCCC1NS(=O)(=O)CBr. The summed E-state index contributed by atoms with van der Waals surface area (Å²) < 4.78 is 30.1. The maximum absolute atomic E-state index is 11.2. The summed E-state index contributed by atoms with van der Waals surface area (Å²) >= 11 is 2.93. The van der Waals surface area contributed by atoms with Crippen molar-refractivity contribution >= 4 is 26.0 Å². The minimum absolute atomic E-state index is 0.0359. The monoisotopic (exact) mass is 271 g/mol. The highest BCUT2D eigenvalue weighted by Crippen LogP contribution is 2.22. The molecule has 0 saturated heterocycles. The van der Waals surface area contributed by atoms with E-state index in [2.05, 4.69) is 20.7 Å². The van der Waals surface area contributed by atoms with Crippen LogP contribution >= 0.6 is 15.9 Å². The first-order valence-corrected chi connectivity index (χ1v) is 6.95. The maximum atomic E-state index is 11.2. The Morgan fingerprint density at radius 2 is 2.23 bits per heavy atom. The molecule has 0 heterocycles. The van der Waals surface area contributed by atoms with Gasteiger partial charge in [0.2, 0.25) is 10.0 Å². The Bertz CT molecular complexity index is 254. The van der Waals surface area contributed by atoms with Gasteiger partial charge in [-0.1, -0.05) is 15.9 Å². The van der Waals surface area contributed by atoms with Gasteiger partial charge in [-0.3, -0.25) is 0 Å². The molecule has 13 heavy (non-hydrogen) atoms. The summed E-state index contributed by atoms with van der Waals surface area (Å²) in [5, 5.41) is 0. The molecule has 4 nitrogen and oxygen atoms in total. The van der Waals surface area contributed by atoms with Crippen molar-refractivity contribution in [1.82, 2.24) is 4.72 Å². The number of ether oxygens (including phenoxy) is 1. The molecular weight excluding hydrogens is 258 g/mol. The average molecular weight is 272 g/mol. The van der Waals surface area contributed by atoms with Gasteiger partial charge in [0.05, 0.1) is 6.10 Å². The first-order valence-electron chi connectivity index (χ1n) is 4.18. The molecule has 0 amide bonds. The second-order valence-corrected chi connectivity index (χ2v) is 6.21. The largest absolute Gasteiger partial charge is 0.380 e. The van der Waals surface area contributed by atoms with Crippen LogP contribution in [0.5, 0.6) is 0 Å². The maximum Gasteiger partial charge on any atom is 0.221 e. The van der Waals surface area contributed by atoms with E-state index in [9.17, 15) is 8.42 Å². The predicted molar refractivity (Wildman–Crippen MR) is 54.3 cm³/mol. The van der Waals surface area contributed by atoms with Crippen molar-refractivity contribution in [3.63, 3.8) is 0 Å². The molecule has 2 unspecified atom stereocenters. The van der Waals surface area contributed by atoms with Crippen LogP contribution in [-0.4, -0.2) is 32.3 Å². The molecule has 0 radical (unpaired) electrons. The van der Waals surface area contributed by atoms with Gasteiger partial charge in [0.25, 0.3) is 0 Å². The number of nitrogens with one attached hydrogen (secondary N) is 1. The summed E-state index contributed by atoms with van der Waals surface area (Å²) in [7, 11) is -1.54. The van der Waals surface area contributed by atoms with E-state index >= 15 is 0 Å². The van der Waals surface area contributed by atoms with Gasteiger partial charge in [-0.2, -0.15) is 0 Å². The fourth-order valence-corrected chi connectivity index (χ4v) is 2.80. The molecule has 1 rings (SSSR count). The van der Waals surface area contributed by atoms with Gasteiger partial charge in [-0.15, -0.1) is 0 Å². The Morgan fingerprint density at radius 1 is 1.54 bits per heavy atom. The van der Waals surface area contributed by atoms with Crippen molar-refractivity contribution in [1.29, 1.82) is 0 Å². The Balaban J connectivity index is 2.53. The summed E-state index contributed by atoms with van der Waals surface area (Å²) in [5.41, 5.74) is 0.